The van der Waals surface area contributed by atoms with Crippen LogP contribution in [-0.4, -0.2) is 12.2 Å². The lowest BCUT2D eigenvalue weighted by atomic mass is 10.3. The van der Waals surface area contributed by atoms with E-state index >= 15 is 0 Å². The molecule has 0 atom stereocenters. The Hall–Kier alpha value is -1.57. The maximum absolute atomic E-state index is 10.7. The lowest BCUT2D eigenvalue weighted by Crippen LogP contribution is -2.21. The molecule has 0 saturated heterocycles. The molecule has 0 aliphatic carbocycles. The Morgan fingerprint density at radius 2 is 2.55 bits per heavy atom. The smallest absolute Gasteiger partial charge is 0.225 e. The van der Waals surface area contributed by atoms with E-state index in [1.165, 1.54) is 0 Å². The number of nitrogens with one attached hydrogen (secondary N) is 2. The average molecular weight is 154 g/mol. The Morgan fingerprint density at radius 3 is 3.09 bits per heavy atom. The minimum absolute atomic E-state index is 0.101. The van der Waals surface area contributed by atoms with E-state index < -0.39 is 0 Å². The van der Waals surface area contributed by atoms with Gasteiger partial charge in [-0.25, -0.2) is 5.43 Å². The van der Waals surface area contributed by atoms with Crippen LogP contribution in [0.3, 0.4) is 0 Å². The van der Waals surface area contributed by atoms with E-state index in [9.17, 15) is 4.79 Å². The average Bonchev–Trinajstić information content (AvgIpc) is 1.99. The summed E-state index contributed by atoms with van der Waals surface area (Å²) >= 11 is 0. The number of carbonyl (C=O) groups excluding carboxylic acids is 1. The van der Waals surface area contributed by atoms with Gasteiger partial charge >= 0.3 is 0 Å². The van der Waals surface area contributed by atoms with Crippen molar-refractivity contribution in [2.75, 3.05) is 0 Å². The molecule has 0 aliphatic rings. The van der Waals surface area contributed by atoms with Crippen molar-refractivity contribution in [3.63, 3.8) is 0 Å². The molecule has 0 saturated carbocycles. The molecule has 0 bridgehead atoms. The van der Waals surface area contributed by atoms with Gasteiger partial charge in [-0.15, -0.1) is 0 Å². The molecule has 5 heteroatoms. The van der Waals surface area contributed by atoms with E-state index in [1.807, 2.05) is 12.3 Å². The first kappa shape index (κ1) is 9.43. The van der Waals surface area contributed by atoms with Crippen LogP contribution >= 0.6 is 0 Å². The number of amides is 1. The van der Waals surface area contributed by atoms with Crippen LogP contribution in [0.25, 0.3) is 0 Å². The normalized spacial score (nSPS) is 9.09. The molecule has 0 aromatic rings. The molecule has 0 radical (unpaired) electrons. The molecule has 0 spiro atoms. The SMILES string of the molecule is CCCC(=O)NC=NNC#N. The molecule has 5 nitrogen and oxygen atoms in total. The summed E-state index contributed by atoms with van der Waals surface area (Å²) < 4.78 is 0. The molecule has 1 amide bonds. The second kappa shape index (κ2) is 6.55. The van der Waals surface area contributed by atoms with E-state index in [0.717, 1.165) is 12.8 Å². The third-order valence-electron chi connectivity index (χ3n) is 0.882. The zero-order chi connectivity index (χ0) is 8.53. The summed E-state index contributed by atoms with van der Waals surface area (Å²) in [5.41, 5.74) is 2.01. The Kier molecular flexibility index (Phi) is 5.61. The minimum atomic E-state index is -0.101. The summed E-state index contributed by atoms with van der Waals surface area (Å²) in [5, 5.41) is 13.7. The predicted octanol–water partition coefficient (Wildman–Crippen LogP) is -0.0833. The van der Waals surface area contributed by atoms with Gasteiger partial charge in [0.2, 0.25) is 5.91 Å². The van der Waals surface area contributed by atoms with Crippen molar-refractivity contribution < 1.29 is 4.79 Å². The highest BCUT2D eigenvalue weighted by Crippen LogP contribution is 1.83. The summed E-state index contributed by atoms with van der Waals surface area (Å²) in [5.74, 6) is -0.101. The second-order valence-corrected chi connectivity index (χ2v) is 1.80. The van der Waals surface area contributed by atoms with E-state index in [-0.39, 0.29) is 5.91 Å². The monoisotopic (exact) mass is 154 g/mol. The van der Waals surface area contributed by atoms with Crippen LogP contribution < -0.4 is 10.7 Å². The van der Waals surface area contributed by atoms with Gasteiger partial charge in [-0.3, -0.25) is 4.79 Å². The summed E-state index contributed by atoms with van der Waals surface area (Å²) in [4.78, 5) is 10.7. The first-order valence-electron chi connectivity index (χ1n) is 3.26. The van der Waals surface area contributed by atoms with E-state index in [0.29, 0.717) is 6.42 Å². The molecule has 11 heavy (non-hydrogen) atoms. The highest BCUT2D eigenvalue weighted by Gasteiger charge is 1.93. The minimum Gasteiger partial charge on any atom is -0.315 e. The van der Waals surface area contributed by atoms with Crippen molar-refractivity contribution in [2.24, 2.45) is 5.10 Å². The van der Waals surface area contributed by atoms with Crippen LogP contribution in [0.1, 0.15) is 19.8 Å². The van der Waals surface area contributed by atoms with Crippen molar-refractivity contribution in [1.29, 1.82) is 5.26 Å². The number of nitrogens with zero attached hydrogens (tertiary/aromatic N) is 2. The molecule has 0 unspecified atom stereocenters. The van der Waals surface area contributed by atoms with Gasteiger partial charge in [0.05, 0.1) is 0 Å². The first-order chi connectivity index (χ1) is 5.31. The van der Waals surface area contributed by atoms with Crippen LogP contribution in [0.2, 0.25) is 0 Å². The van der Waals surface area contributed by atoms with Gasteiger partial charge in [-0.05, 0) is 6.42 Å². The lowest BCUT2D eigenvalue weighted by Gasteiger charge is -1.93. The molecule has 0 rings (SSSR count). The van der Waals surface area contributed by atoms with Crippen molar-refractivity contribution in [3.05, 3.63) is 0 Å². The third-order valence-corrected chi connectivity index (χ3v) is 0.882. The number of hydrogen-bond acceptors (Lipinski definition) is 4. The van der Waals surface area contributed by atoms with Gasteiger partial charge in [-0.1, -0.05) is 6.92 Å². The Balaban J connectivity index is 3.38. The van der Waals surface area contributed by atoms with Crippen molar-refractivity contribution in [2.45, 2.75) is 19.8 Å². The zero-order valence-electron chi connectivity index (χ0n) is 6.29. The standard InChI is InChI=1S/C6H10N4O/c1-2-3-6(11)8-5-10-9-4-7/h5,9H,2-3H2,1H3,(H,8,10,11). The van der Waals surface area contributed by atoms with Gasteiger partial charge in [0.15, 0.2) is 6.19 Å². The fourth-order valence-electron chi connectivity index (χ4n) is 0.465. The van der Waals surface area contributed by atoms with Crippen molar-refractivity contribution in [3.8, 4) is 6.19 Å². The van der Waals surface area contributed by atoms with Crippen LogP contribution in [0.5, 0.6) is 0 Å². The molecule has 0 fully saturated rings. The summed E-state index contributed by atoms with van der Waals surface area (Å²) in [6.45, 7) is 1.91. The van der Waals surface area contributed by atoms with E-state index in [1.54, 1.807) is 6.19 Å². The van der Waals surface area contributed by atoms with Gasteiger partial charge in [-0.2, -0.15) is 10.4 Å². The Morgan fingerprint density at radius 1 is 1.82 bits per heavy atom. The topological polar surface area (TPSA) is 77.3 Å². The lowest BCUT2D eigenvalue weighted by molar-refractivity contribution is -0.119. The van der Waals surface area contributed by atoms with Gasteiger partial charge in [0, 0.05) is 6.42 Å². The molecule has 0 aromatic carbocycles. The van der Waals surface area contributed by atoms with Crippen LogP contribution in [0.15, 0.2) is 5.10 Å². The quantitative estimate of drug-likeness (QED) is 0.195. The molecular weight excluding hydrogens is 144 g/mol. The summed E-state index contributed by atoms with van der Waals surface area (Å²) in [7, 11) is 0. The maximum atomic E-state index is 10.7. The largest absolute Gasteiger partial charge is 0.315 e. The van der Waals surface area contributed by atoms with Gasteiger partial charge < -0.3 is 5.32 Å². The highest BCUT2D eigenvalue weighted by molar-refractivity contribution is 5.87. The summed E-state index contributed by atoms with van der Waals surface area (Å²) in [6.07, 6.45) is 4.00. The van der Waals surface area contributed by atoms with Gasteiger partial charge in [0.1, 0.15) is 6.34 Å². The Labute approximate surface area is 65.1 Å². The van der Waals surface area contributed by atoms with Crippen LogP contribution in [-0.2, 0) is 4.79 Å². The van der Waals surface area contributed by atoms with Gasteiger partial charge in [0.25, 0.3) is 0 Å². The second-order valence-electron chi connectivity index (χ2n) is 1.80. The molecule has 2 N–H and O–H groups in total. The number of carbonyl (C=O) groups is 1. The highest BCUT2D eigenvalue weighted by atomic mass is 16.1. The molecule has 0 heterocycles. The zero-order valence-corrected chi connectivity index (χ0v) is 6.29. The molecule has 0 aromatic heterocycles. The molecule has 60 valence electrons. The van der Waals surface area contributed by atoms with E-state index in [4.69, 9.17) is 5.26 Å². The number of nitriles is 1. The van der Waals surface area contributed by atoms with Crippen LogP contribution in [0, 0.1) is 11.5 Å². The number of rotatable bonds is 4. The molecule has 0 aliphatic heterocycles. The summed E-state index contributed by atoms with van der Waals surface area (Å²) in [6, 6.07) is 0. The van der Waals surface area contributed by atoms with Crippen LogP contribution in [0.4, 0.5) is 0 Å². The third kappa shape index (κ3) is 6.31. The fraction of sp³-hybridized carbons (Fsp3) is 0.500. The van der Waals surface area contributed by atoms with Crippen molar-refractivity contribution in [1.82, 2.24) is 10.7 Å². The fourth-order valence-corrected chi connectivity index (χ4v) is 0.465. The van der Waals surface area contributed by atoms with Crippen molar-refractivity contribution >= 4 is 12.2 Å². The first-order valence-corrected chi connectivity index (χ1v) is 3.26. The number of hydrazone groups is 1. The Bertz CT molecular complexity index is 182. The molecular formula is C6H10N4O. The maximum Gasteiger partial charge on any atom is 0.225 e. The van der Waals surface area contributed by atoms with E-state index in [2.05, 4.69) is 10.4 Å². The predicted molar refractivity (Wildman–Crippen MR) is 40.3 cm³/mol. The number of hydrogen-bond donors (Lipinski definition) is 2.